The molecule has 0 aromatic carbocycles. The van der Waals surface area contributed by atoms with Crippen LogP contribution in [0.25, 0.3) is 0 Å². The average Bonchev–Trinajstić information content (AvgIpc) is 3.04. The van der Waals surface area contributed by atoms with Gasteiger partial charge < -0.3 is 9.42 Å². The molecule has 1 fully saturated rings. The zero-order valence-electron chi connectivity index (χ0n) is 12.0. The molecule has 6 heteroatoms. The van der Waals surface area contributed by atoms with Crippen molar-refractivity contribution in [2.45, 2.75) is 32.1 Å². The highest BCUT2D eigenvalue weighted by atomic mass is 16.5. The highest BCUT2D eigenvalue weighted by molar-refractivity contribution is 5.94. The maximum Gasteiger partial charge on any atom is 0.253 e. The van der Waals surface area contributed by atoms with Gasteiger partial charge in [-0.25, -0.2) is 0 Å². The summed E-state index contributed by atoms with van der Waals surface area (Å²) < 4.78 is 5.17. The van der Waals surface area contributed by atoms with Crippen molar-refractivity contribution in [2.24, 2.45) is 0 Å². The van der Waals surface area contributed by atoms with Crippen LogP contribution in [0.2, 0.25) is 0 Å². The fraction of sp³-hybridized carbons (Fsp3) is 0.467. The normalized spacial score (nSPS) is 18.7. The van der Waals surface area contributed by atoms with Crippen LogP contribution in [0.1, 0.15) is 47.8 Å². The van der Waals surface area contributed by atoms with Gasteiger partial charge in [-0.15, -0.1) is 0 Å². The number of rotatable bonds is 3. The zero-order valence-corrected chi connectivity index (χ0v) is 12.0. The van der Waals surface area contributed by atoms with Gasteiger partial charge in [0.1, 0.15) is 0 Å². The number of nitrogens with zero attached hydrogens (tertiary/aromatic N) is 4. The molecule has 0 bridgehead atoms. The molecular formula is C15H18N4O2. The van der Waals surface area contributed by atoms with Gasteiger partial charge in [-0.1, -0.05) is 12.1 Å². The minimum Gasteiger partial charge on any atom is -0.339 e. The number of aryl methyl sites for hydroxylation is 1. The second-order valence-corrected chi connectivity index (χ2v) is 5.23. The number of likely N-dealkylation sites (tertiary alicyclic amines) is 1. The Balaban J connectivity index is 1.72. The molecule has 110 valence electrons. The first kappa shape index (κ1) is 13.7. The maximum atomic E-state index is 12.5. The minimum absolute atomic E-state index is 0.0429. The molecule has 1 amide bonds. The molecule has 2 aromatic heterocycles. The predicted molar refractivity (Wildman–Crippen MR) is 75.8 cm³/mol. The van der Waals surface area contributed by atoms with Crippen LogP contribution in [0, 0.1) is 0 Å². The molecule has 1 aliphatic heterocycles. The smallest absolute Gasteiger partial charge is 0.253 e. The Labute approximate surface area is 123 Å². The average molecular weight is 286 g/mol. The lowest BCUT2D eigenvalue weighted by molar-refractivity contribution is 0.0703. The maximum absolute atomic E-state index is 12.5. The van der Waals surface area contributed by atoms with Crippen LogP contribution in [-0.2, 0) is 6.42 Å². The molecule has 0 saturated carbocycles. The van der Waals surface area contributed by atoms with Crippen LogP contribution in [0.3, 0.4) is 0 Å². The van der Waals surface area contributed by atoms with E-state index in [2.05, 4.69) is 15.1 Å². The standard InChI is InChI=1S/C15H18N4O2/c1-2-13-17-14(18-21-13)12-4-3-9-19(10-12)15(20)11-5-7-16-8-6-11/h5-8,12H,2-4,9-10H2,1H3/t12-/m1/s1. The summed E-state index contributed by atoms with van der Waals surface area (Å²) in [4.78, 5) is 22.7. The molecule has 1 saturated heterocycles. The van der Waals surface area contributed by atoms with E-state index in [0.29, 0.717) is 18.0 Å². The predicted octanol–water partition coefficient (Wildman–Crippen LogP) is 2.05. The quantitative estimate of drug-likeness (QED) is 0.863. The largest absolute Gasteiger partial charge is 0.339 e. The second-order valence-electron chi connectivity index (χ2n) is 5.23. The van der Waals surface area contributed by atoms with E-state index in [9.17, 15) is 4.79 Å². The van der Waals surface area contributed by atoms with Gasteiger partial charge in [0.05, 0.1) is 0 Å². The summed E-state index contributed by atoms with van der Waals surface area (Å²) in [6, 6.07) is 3.49. The lowest BCUT2D eigenvalue weighted by Gasteiger charge is -2.31. The number of carbonyl (C=O) groups is 1. The first-order valence-corrected chi connectivity index (χ1v) is 7.29. The first-order chi connectivity index (χ1) is 10.3. The van der Waals surface area contributed by atoms with Crippen molar-refractivity contribution in [3.63, 3.8) is 0 Å². The molecular weight excluding hydrogens is 268 g/mol. The molecule has 2 aromatic rings. The van der Waals surface area contributed by atoms with E-state index >= 15 is 0 Å². The van der Waals surface area contributed by atoms with E-state index in [0.717, 1.165) is 31.6 Å². The lowest BCUT2D eigenvalue weighted by atomic mass is 9.97. The van der Waals surface area contributed by atoms with E-state index in [1.54, 1.807) is 24.5 Å². The Bertz CT molecular complexity index is 611. The van der Waals surface area contributed by atoms with Gasteiger partial charge in [0.15, 0.2) is 5.82 Å². The third-order valence-electron chi connectivity index (χ3n) is 3.79. The molecule has 0 N–H and O–H groups in total. The van der Waals surface area contributed by atoms with Gasteiger partial charge in [0.25, 0.3) is 5.91 Å². The van der Waals surface area contributed by atoms with Crippen molar-refractivity contribution >= 4 is 5.91 Å². The van der Waals surface area contributed by atoms with Gasteiger partial charge in [-0.3, -0.25) is 9.78 Å². The van der Waals surface area contributed by atoms with Crippen LogP contribution < -0.4 is 0 Å². The lowest BCUT2D eigenvalue weighted by Crippen LogP contribution is -2.39. The minimum atomic E-state index is 0.0429. The number of piperidine rings is 1. The summed E-state index contributed by atoms with van der Waals surface area (Å²) in [5, 5.41) is 4.04. The van der Waals surface area contributed by atoms with Crippen LogP contribution in [0.4, 0.5) is 0 Å². The number of hydrogen-bond donors (Lipinski definition) is 0. The van der Waals surface area contributed by atoms with Crippen molar-refractivity contribution in [3.8, 4) is 0 Å². The molecule has 1 aliphatic rings. The van der Waals surface area contributed by atoms with Crippen LogP contribution >= 0.6 is 0 Å². The number of carbonyl (C=O) groups excluding carboxylic acids is 1. The van der Waals surface area contributed by atoms with E-state index in [4.69, 9.17) is 4.52 Å². The monoisotopic (exact) mass is 286 g/mol. The van der Waals surface area contributed by atoms with Crippen molar-refractivity contribution in [3.05, 3.63) is 41.8 Å². The van der Waals surface area contributed by atoms with Gasteiger partial charge in [0, 0.05) is 43.4 Å². The van der Waals surface area contributed by atoms with Crippen molar-refractivity contribution in [1.82, 2.24) is 20.0 Å². The number of aromatic nitrogens is 3. The summed E-state index contributed by atoms with van der Waals surface area (Å²) in [6.45, 7) is 3.40. The summed E-state index contributed by atoms with van der Waals surface area (Å²) in [5.74, 6) is 1.58. The molecule has 0 aliphatic carbocycles. The van der Waals surface area contributed by atoms with Crippen LogP contribution in [0.5, 0.6) is 0 Å². The molecule has 1 atom stereocenters. The molecule has 21 heavy (non-hydrogen) atoms. The van der Waals surface area contributed by atoms with Gasteiger partial charge in [-0.2, -0.15) is 4.98 Å². The van der Waals surface area contributed by atoms with Crippen molar-refractivity contribution in [2.75, 3.05) is 13.1 Å². The summed E-state index contributed by atoms with van der Waals surface area (Å²) >= 11 is 0. The van der Waals surface area contributed by atoms with Crippen molar-refractivity contribution < 1.29 is 9.32 Å². The van der Waals surface area contributed by atoms with E-state index in [1.165, 1.54) is 0 Å². The summed E-state index contributed by atoms with van der Waals surface area (Å²) in [6.07, 6.45) is 5.96. The van der Waals surface area contributed by atoms with Crippen molar-refractivity contribution in [1.29, 1.82) is 0 Å². The Kier molecular flexibility index (Phi) is 3.94. The van der Waals surface area contributed by atoms with Crippen LogP contribution in [-0.4, -0.2) is 39.0 Å². The second kappa shape index (κ2) is 6.03. The molecule has 0 unspecified atom stereocenters. The fourth-order valence-corrected chi connectivity index (χ4v) is 2.63. The topological polar surface area (TPSA) is 72.1 Å². The summed E-state index contributed by atoms with van der Waals surface area (Å²) in [7, 11) is 0. The fourth-order valence-electron chi connectivity index (χ4n) is 2.63. The van der Waals surface area contributed by atoms with E-state index in [1.807, 2.05) is 11.8 Å². The Morgan fingerprint density at radius 2 is 2.24 bits per heavy atom. The molecule has 3 heterocycles. The molecule has 0 radical (unpaired) electrons. The Hall–Kier alpha value is -2.24. The molecule has 0 spiro atoms. The first-order valence-electron chi connectivity index (χ1n) is 7.29. The van der Waals surface area contributed by atoms with Gasteiger partial charge in [-0.05, 0) is 25.0 Å². The number of amides is 1. The Morgan fingerprint density at radius 3 is 2.95 bits per heavy atom. The van der Waals surface area contributed by atoms with E-state index in [-0.39, 0.29) is 11.8 Å². The zero-order chi connectivity index (χ0) is 14.7. The van der Waals surface area contributed by atoms with Gasteiger partial charge >= 0.3 is 0 Å². The number of pyridine rings is 1. The third-order valence-corrected chi connectivity index (χ3v) is 3.79. The summed E-state index contributed by atoms with van der Waals surface area (Å²) in [5.41, 5.74) is 0.674. The van der Waals surface area contributed by atoms with Gasteiger partial charge in [0.2, 0.25) is 5.89 Å². The third kappa shape index (κ3) is 2.94. The van der Waals surface area contributed by atoms with E-state index < -0.39 is 0 Å². The highest BCUT2D eigenvalue weighted by Gasteiger charge is 2.28. The molecule has 6 nitrogen and oxygen atoms in total. The van der Waals surface area contributed by atoms with Crippen LogP contribution in [0.15, 0.2) is 29.0 Å². The highest BCUT2D eigenvalue weighted by Crippen LogP contribution is 2.25. The number of hydrogen-bond acceptors (Lipinski definition) is 5. The SMILES string of the molecule is CCc1nc([C@@H]2CCCN(C(=O)c3ccncc3)C2)no1. The molecule has 3 rings (SSSR count). The Morgan fingerprint density at radius 1 is 1.43 bits per heavy atom.